The molecule has 9 heteroatoms. The molecule has 5 rings (SSSR count). The second-order valence-corrected chi connectivity index (χ2v) is 10.9. The minimum Gasteiger partial charge on any atom is -0.376 e. The molecule has 2 unspecified atom stereocenters. The monoisotopic (exact) mass is 484 g/mol. The molecule has 2 aromatic carbocycles. The fraction of sp³-hybridized carbons (Fsp3) is 0.348. The lowest BCUT2D eigenvalue weighted by Gasteiger charge is -2.37. The number of carbonyl (C=O) groups excluding carboxylic acids is 1. The standard InChI is InChI=1S/C23H24N4O2S3/c28-21(15-31-23-26-25-22(32-23)24-13-17-9-6-12-29-17)27-18-10-4-5-11-20(18)30-14-19(27)16-7-2-1-3-8-16/h1-5,7-8,10-11,17,19H,6,9,12-15H2,(H,24,25). The summed E-state index contributed by atoms with van der Waals surface area (Å²) in [6.45, 7) is 1.59. The first-order valence-corrected chi connectivity index (χ1v) is 13.5. The van der Waals surface area contributed by atoms with Crippen LogP contribution in [0.5, 0.6) is 0 Å². The summed E-state index contributed by atoms with van der Waals surface area (Å²) in [5.74, 6) is 1.25. The van der Waals surface area contributed by atoms with Gasteiger partial charge >= 0.3 is 0 Å². The first kappa shape index (κ1) is 21.8. The normalized spacial score (nSPS) is 20.2. The van der Waals surface area contributed by atoms with Crippen molar-refractivity contribution in [3.8, 4) is 0 Å². The van der Waals surface area contributed by atoms with E-state index in [0.29, 0.717) is 5.75 Å². The van der Waals surface area contributed by atoms with Gasteiger partial charge in [0.25, 0.3) is 0 Å². The van der Waals surface area contributed by atoms with Gasteiger partial charge in [0, 0.05) is 23.8 Å². The molecular weight excluding hydrogens is 460 g/mol. The zero-order valence-electron chi connectivity index (χ0n) is 17.5. The molecular formula is C23H24N4O2S3. The van der Waals surface area contributed by atoms with Crippen LogP contribution in [0.3, 0.4) is 0 Å². The molecule has 1 fully saturated rings. The number of para-hydroxylation sites is 1. The van der Waals surface area contributed by atoms with Crippen molar-refractivity contribution in [2.75, 3.05) is 34.9 Å². The topological polar surface area (TPSA) is 67.3 Å². The highest BCUT2D eigenvalue weighted by atomic mass is 32.2. The molecule has 0 bridgehead atoms. The van der Waals surface area contributed by atoms with E-state index in [0.717, 1.165) is 57.4 Å². The Kier molecular flexibility index (Phi) is 6.97. The van der Waals surface area contributed by atoms with Crippen molar-refractivity contribution in [2.24, 2.45) is 0 Å². The van der Waals surface area contributed by atoms with Gasteiger partial charge in [-0.25, -0.2) is 0 Å². The predicted octanol–water partition coefficient (Wildman–Crippen LogP) is 5.10. The molecule has 1 aromatic heterocycles. The second-order valence-electron chi connectivity index (χ2n) is 7.65. The van der Waals surface area contributed by atoms with E-state index in [9.17, 15) is 4.79 Å². The van der Waals surface area contributed by atoms with Crippen molar-refractivity contribution in [1.82, 2.24) is 10.2 Å². The number of carbonyl (C=O) groups is 1. The first-order chi connectivity index (χ1) is 15.8. The van der Waals surface area contributed by atoms with Crippen LogP contribution in [-0.4, -0.2) is 46.9 Å². The summed E-state index contributed by atoms with van der Waals surface area (Å²) in [6, 6.07) is 18.4. The fourth-order valence-corrected chi connectivity index (χ4v) is 6.74. The van der Waals surface area contributed by atoms with Crippen LogP contribution in [0.15, 0.2) is 63.8 Å². The molecule has 166 valence electrons. The summed E-state index contributed by atoms with van der Waals surface area (Å²) in [4.78, 5) is 16.6. The Morgan fingerprint density at radius 1 is 1.16 bits per heavy atom. The van der Waals surface area contributed by atoms with Crippen LogP contribution in [0.1, 0.15) is 24.4 Å². The lowest BCUT2D eigenvalue weighted by atomic mass is 10.1. The zero-order chi connectivity index (χ0) is 21.8. The van der Waals surface area contributed by atoms with E-state index in [1.54, 1.807) is 11.8 Å². The van der Waals surface area contributed by atoms with Crippen LogP contribution in [0.2, 0.25) is 0 Å². The number of fused-ring (bicyclic) bond motifs is 1. The summed E-state index contributed by atoms with van der Waals surface area (Å²) in [5, 5.41) is 12.6. The van der Waals surface area contributed by atoms with Crippen molar-refractivity contribution >= 4 is 51.6 Å². The smallest absolute Gasteiger partial charge is 0.238 e. The number of aromatic nitrogens is 2. The number of anilines is 2. The number of amides is 1. The van der Waals surface area contributed by atoms with Crippen molar-refractivity contribution in [3.05, 3.63) is 60.2 Å². The summed E-state index contributed by atoms with van der Waals surface area (Å²) < 4.78 is 6.44. The van der Waals surface area contributed by atoms with Crippen molar-refractivity contribution in [2.45, 2.75) is 34.2 Å². The molecule has 6 nitrogen and oxygen atoms in total. The van der Waals surface area contributed by atoms with Crippen LogP contribution < -0.4 is 10.2 Å². The average Bonchev–Trinajstić information content (AvgIpc) is 3.53. The maximum absolute atomic E-state index is 13.4. The van der Waals surface area contributed by atoms with Gasteiger partial charge in [0.2, 0.25) is 11.0 Å². The highest BCUT2D eigenvalue weighted by Crippen LogP contribution is 2.43. The number of rotatable bonds is 7. The van der Waals surface area contributed by atoms with E-state index < -0.39 is 0 Å². The molecule has 2 aliphatic rings. The molecule has 2 atom stereocenters. The zero-order valence-corrected chi connectivity index (χ0v) is 19.9. The van der Waals surface area contributed by atoms with E-state index >= 15 is 0 Å². The number of hydrogen-bond donors (Lipinski definition) is 1. The lowest BCUT2D eigenvalue weighted by Crippen LogP contribution is -2.39. The first-order valence-electron chi connectivity index (χ1n) is 10.7. The Labute approximate surface area is 200 Å². The van der Waals surface area contributed by atoms with E-state index in [1.807, 2.05) is 41.3 Å². The van der Waals surface area contributed by atoms with Crippen LogP contribution in [0.25, 0.3) is 0 Å². The molecule has 2 aliphatic heterocycles. The Morgan fingerprint density at radius 3 is 2.84 bits per heavy atom. The van der Waals surface area contributed by atoms with Gasteiger partial charge in [-0.15, -0.1) is 22.0 Å². The van der Waals surface area contributed by atoms with Gasteiger partial charge in [-0.2, -0.15) is 0 Å². The molecule has 1 saturated heterocycles. The lowest BCUT2D eigenvalue weighted by molar-refractivity contribution is -0.116. The van der Waals surface area contributed by atoms with Gasteiger partial charge in [-0.1, -0.05) is 65.6 Å². The molecule has 0 aliphatic carbocycles. The molecule has 0 saturated carbocycles. The van der Waals surface area contributed by atoms with Crippen molar-refractivity contribution in [3.63, 3.8) is 0 Å². The van der Waals surface area contributed by atoms with Crippen LogP contribution in [0.4, 0.5) is 10.8 Å². The van der Waals surface area contributed by atoms with Gasteiger partial charge in [-0.3, -0.25) is 4.79 Å². The maximum Gasteiger partial charge on any atom is 0.238 e. The molecule has 0 spiro atoms. The maximum atomic E-state index is 13.4. The summed E-state index contributed by atoms with van der Waals surface area (Å²) in [7, 11) is 0. The van der Waals surface area contributed by atoms with Gasteiger partial charge < -0.3 is 15.0 Å². The minimum atomic E-state index is 0.0160. The van der Waals surface area contributed by atoms with E-state index in [4.69, 9.17) is 4.74 Å². The van der Waals surface area contributed by atoms with Gasteiger partial charge in [0.1, 0.15) is 0 Å². The van der Waals surface area contributed by atoms with Crippen LogP contribution in [-0.2, 0) is 9.53 Å². The number of benzene rings is 2. The highest BCUT2D eigenvalue weighted by Gasteiger charge is 2.32. The largest absolute Gasteiger partial charge is 0.376 e. The van der Waals surface area contributed by atoms with Gasteiger partial charge in [0.05, 0.1) is 23.6 Å². The SMILES string of the molecule is O=C(CSc1nnc(NCC2CCCO2)s1)N1c2ccccc2SCC1c1ccccc1. The van der Waals surface area contributed by atoms with Crippen molar-refractivity contribution in [1.29, 1.82) is 0 Å². The predicted molar refractivity (Wildman–Crippen MR) is 132 cm³/mol. The summed E-state index contributed by atoms with van der Waals surface area (Å²) in [6.07, 6.45) is 2.46. The number of nitrogens with one attached hydrogen (secondary N) is 1. The number of thioether (sulfide) groups is 2. The number of hydrogen-bond acceptors (Lipinski definition) is 8. The van der Waals surface area contributed by atoms with Crippen LogP contribution in [0, 0.1) is 0 Å². The van der Waals surface area contributed by atoms with E-state index in [1.165, 1.54) is 23.1 Å². The number of ether oxygens (including phenoxy) is 1. The third-order valence-corrected chi connectivity index (χ3v) is 8.65. The Hall–Kier alpha value is -2.07. The Bertz CT molecular complexity index is 1060. The second kappa shape index (κ2) is 10.2. The number of nitrogens with zero attached hydrogens (tertiary/aromatic N) is 3. The Morgan fingerprint density at radius 2 is 2.00 bits per heavy atom. The van der Waals surface area contributed by atoms with Gasteiger partial charge in [-0.05, 0) is 30.5 Å². The van der Waals surface area contributed by atoms with Gasteiger partial charge in [0.15, 0.2) is 4.34 Å². The molecule has 3 heterocycles. The summed E-state index contributed by atoms with van der Waals surface area (Å²) in [5.41, 5.74) is 2.14. The minimum absolute atomic E-state index is 0.0160. The average molecular weight is 485 g/mol. The molecule has 0 radical (unpaired) electrons. The quantitative estimate of drug-likeness (QED) is 0.468. The summed E-state index contributed by atoms with van der Waals surface area (Å²) >= 11 is 4.74. The highest BCUT2D eigenvalue weighted by molar-refractivity contribution is 8.01. The molecule has 1 N–H and O–H groups in total. The van der Waals surface area contributed by atoms with E-state index in [2.05, 4.69) is 33.7 Å². The fourth-order valence-electron chi connectivity index (χ4n) is 3.96. The van der Waals surface area contributed by atoms with E-state index in [-0.39, 0.29) is 18.1 Å². The molecule has 3 aromatic rings. The van der Waals surface area contributed by atoms with Crippen molar-refractivity contribution < 1.29 is 9.53 Å². The van der Waals surface area contributed by atoms with Crippen LogP contribution >= 0.6 is 34.9 Å². The Balaban J connectivity index is 1.27. The molecule has 32 heavy (non-hydrogen) atoms. The third-order valence-electron chi connectivity index (χ3n) is 5.52. The third kappa shape index (κ3) is 4.96. The molecule has 1 amide bonds.